The van der Waals surface area contributed by atoms with Crippen LogP contribution in [0.5, 0.6) is 11.5 Å². The molecule has 1 N–H and O–H groups in total. The zero-order valence-corrected chi connectivity index (χ0v) is 19.4. The van der Waals surface area contributed by atoms with Gasteiger partial charge in [-0.05, 0) is 79.5 Å². The molecule has 2 heterocycles. The summed E-state index contributed by atoms with van der Waals surface area (Å²) in [5.74, 6) is 1.04. The van der Waals surface area contributed by atoms with Gasteiger partial charge >= 0.3 is 5.97 Å². The number of benzene rings is 2. The van der Waals surface area contributed by atoms with E-state index in [0.717, 1.165) is 49.3 Å². The minimum atomic E-state index is -1.05. The van der Waals surface area contributed by atoms with Crippen LogP contribution in [0, 0.1) is 0 Å². The van der Waals surface area contributed by atoms with Gasteiger partial charge in [-0.1, -0.05) is 18.2 Å². The predicted octanol–water partition coefficient (Wildman–Crippen LogP) is 4.98. The molecule has 1 aliphatic carbocycles. The molecular weight excluding hydrogens is 430 g/mol. The molecule has 1 saturated heterocycles. The second kappa shape index (κ2) is 9.71. The van der Waals surface area contributed by atoms with Crippen molar-refractivity contribution in [2.75, 3.05) is 18.6 Å². The second-order valence-electron chi connectivity index (χ2n) is 8.89. The Balaban J connectivity index is 1.38. The summed E-state index contributed by atoms with van der Waals surface area (Å²) in [7, 11) is 1.66. The average molecular weight is 460 g/mol. The van der Waals surface area contributed by atoms with Crippen molar-refractivity contribution in [3.8, 4) is 11.5 Å². The molecule has 0 amide bonds. The molecule has 2 aromatic carbocycles. The van der Waals surface area contributed by atoms with Crippen molar-refractivity contribution in [3.63, 3.8) is 0 Å². The number of anilines is 1. The third kappa shape index (κ3) is 4.55. The first-order chi connectivity index (χ1) is 16.6. The lowest BCUT2D eigenvalue weighted by Gasteiger charge is -2.25. The van der Waals surface area contributed by atoms with Crippen LogP contribution in [0.25, 0.3) is 0 Å². The normalized spacial score (nSPS) is 17.3. The SMILES string of the molecule is COc1ccc([C@H]2CCCN2c2ncc(C(=O)O)c(COc3ccc4c(c3)CCCC4)n2)cc1. The first kappa shape index (κ1) is 22.2. The number of carbonyl (C=O) groups is 1. The van der Waals surface area contributed by atoms with Crippen LogP contribution in [0.3, 0.4) is 0 Å². The van der Waals surface area contributed by atoms with Crippen molar-refractivity contribution in [2.24, 2.45) is 0 Å². The molecule has 176 valence electrons. The van der Waals surface area contributed by atoms with Crippen LogP contribution in [0.4, 0.5) is 5.95 Å². The molecule has 1 aliphatic heterocycles. The number of carboxylic acid groups (broad SMARTS) is 1. The molecule has 0 unspecified atom stereocenters. The van der Waals surface area contributed by atoms with Crippen LogP contribution in [-0.2, 0) is 19.4 Å². The minimum Gasteiger partial charge on any atom is -0.497 e. The topological polar surface area (TPSA) is 84.8 Å². The fourth-order valence-electron chi connectivity index (χ4n) is 4.96. The van der Waals surface area contributed by atoms with E-state index in [1.54, 1.807) is 7.11 Å². The number of carboxylic acids is 1. The van der Waals surface area contributed by atoms with Gasteiger partial charge in [0.1, 0.15) is 23.7 Å². The zero-order valence-electron chi connectivity index (χ0n) is 19.4. The van der Waals surface area contributed by atoms with Gasteiger partial charge in [-0.25, -0.2) is 14.8 Å². The van der Waals surface area contributed by atoms with Gasteiger partial charge in [-0.15, -0.1) is 0 Å². The van der Waals surface area contributed by atoms with Crippen LogP contribution in [-0.4, -0.2) is 34.7 Å². The third-order valence-corrected chi connectivity index (χ3v) is 6.79. The van der Waals surface area contributed by atoms with Crippen molar-refractivity contribution in [2.45, 2.75) is 51.2 Å². The molecule has 0 spiro atoms. The first-order valence-electron chi connectivity index (χ1n) is 11.9. The van der Waals surface area contributed by atoms with E-state index in [1.807, 2.05) is 18.2 Å². The van der Waals surface area contributed by atoms with E-state index < -0.39 is 5.97 Å². The third-order valence-electron chi connectivity index (χ3n) is 6.79. The van der Waals surface area contributed by atoms with E-state index in [4.69, 9.17) is 9.47 Å². The number of aromatic carboxylic acids is 1. The molecule has 1 fully saturated rings. The largest absolute Gasteiger partial charge is 0.497 e. The fraction of sp³-hybridized carbons (Fsp3) is 0.370. The van der Waals surface area contributed by atoms with Crippen LogP contribution in [0.1, 0.15) is 64.5 Å². The van der Waals surface area contributed by atoms with E-state index >= 15 is 0 Å². The molecule has 1 aromatic heterocycles. The Hall–Kier alpha value is -3.61. The van der Waals surface area contributed by atoms with Crippen molar-refractivity contribution < 1.29 is 19.4 Å². The lowest BCUT2D eigenvalue weighted by molar-refractivity contribution is 0.0692. The van der Waals surface area contributed by atoms with E-state index in [0.29, 0.717) is 11.6 Å². The average Bonchev–Trinajstić information content (AvgIpc) is 3.37. The molecular formula is C27H29N3O4. The first-order valence-corrected chi connectivity index (χ1v) is 11.9. The molecule has 1 atom stereocenters. The highest BCUT2D eigenvalue weighted by atomic mass is 16.5. The maximum atomic E-state index is 11.8. The zero-order chi connectivity index (χ0) is 23.5. The van der Waals surface area contributed by atoms with E-state index in [2.05, 4.69) is 39.1 Å². The molecule has 7 heteroatoms. The number of ether oxygens (including phenoxy) is 2. The van der Waals surface area contributed by atoms with E-state index in [-0.39, 0.29) is 18.2 Å². The summed E-state index contributed by atoms with van der Waals surface area (Å²) in [5.41, 5.74) is 4.33. The highest BCUT2D eigenvalue weighted by Gasteiger charge is 2.29. The number of fused-ring (bicyclic) bond motifs is 1. The summed E-state index contributed by atoms with van der Waals surface area (Å²) < 4.78 is 11.3. The molecule has 34 heavy (non-hydrogen) atoms. The number of aromatic nitrogens is 2. The van der Waals surface area contributed by atoms with Crippen molar-refractivity contribution in [1.29, 1.82) is 0 Å². The standard InChI is InChI=1S/C27H29N3O4/c1-33-21-11-9-19(10-12-21)25-7-4-14-30(25)27-28-16-23(26(31)32)24(29-27)17-34-22-13-8-18-5-2-3-6-20(18)15-22/h8-13,15-16,25H,2-7,14,17H2,1H3,(H,31,32)/t25-/m1/s1. The number of aryl methyl sites for hydroxylation is 2. The fourth-order valence-corrected chi connectivity index (χ4v) is 4.96. The van der Waals surface area contributed by atoms with Crippen LogP contribution in [0.2, 0.25) is 0 Å². The van der Waals surface area contributed by atoms with Gasteiger partial charge in [0.05, 0.1) is 18.8 Å². The van der Waals surface area contributed by atoms with E-state index in [1.165, 1.54) is 30.2 Å². The van der Waals surface area contributed by atoms with Crippen LogP contribution < -0.4 is 14.4 Å². The smallest absolute Gasteiger partial charge is 0.339 e. The second-order valence-corrected chi connectivity index (χ2v) is 8.89. The Kier molecular flexibility index (Phi) is 6.34. The molecule has 2 aliphatic rings. The van der Waals surface area contributed by atoms with Crippen LogP contribution in [0.15, 0.2) is 48.7 Å². The highest BCUT2D eigenvalue weighted by Crippen LogP contribution is 2.35. The number of hydrogen-bond donors (Lipinski definition) is 1. The number of rotatable bonds is 7. The predicted molar refractivity (Wildman–Crippen MR) is 129 cm³/mol. The summed E-state index contributed by atoms with van der Waals surface area (Å²) in [6, 6.07) is 14.3. The Bertz CT molecular complexity index is 1180. The molecule has 0 radical (unpaired) electrons. The van der Waals surface area contributed by atoms with Gasteiger partial charge in [-0.2, -0.15) is 0 Å². The van der Waals surface area contributed by atoms with Gasteiger partial charge in [0, 0.05) is 12.7 Å². The van der Waals surface area contributed by atoms with Gasteiger partial charge < -0.3 is 19.5 Å². The Labute approximate surface area is 199 Å². The molecule has 0 bridgehead atoms. The maximum absolute atomic E-state index is 11.8. The van der Waals surface area contributed by atoms with Gasteiger partial charge in [0.15, 0.2) is 0 Å². The highest BCUT2D eigenvalue weighted by molar-refractivity contribution is 5.88. The van der Waals surface area contributed by atoms with Crippen LogP contribution >= 0.6 is 0 Å². The molecule has 3 aromatic rings. The summed E-state index contributed by atoms with van der Waals surface area (Å²) >= 11 is 0. The summed E-state index contributed by atoms with van der Waals surface area (Å²) in [6.45, 7) is 0.894. The Morgan fingerprint density at radius 2 is 1.82 bits per heavy atom. The number of methoxy groups -OCH3 is 1. The molecule has 7 nitrogen and oxygen atoms in total. The van der Waals surface area contributed by atoms with Crippen molar-refractivity contribution >= 4 is 11.9 Å². The lowest BCUT2D eigenvalue weighted by atomic mass is 9.92. The number of hydrogen-bond acceptors (Lipinski definition) is 6. The van der Waals surface area contributed by atoms with Crippen molar-refractivity contribution in [1.82, 2.24) is 9.97 Å². The summed E-state index contributed by atoms with van der Waals surface area (Å²) in [5, 5.41) is 9.70. The maximum Gasteiger partial charge on any atom is 0.339 e. The monoisotopic (exact) mass is 459 g/mol. The van der Waals surface area contributed by atoms with Crippen molar-refractivity contribution in [3.05, 3.63) is 76.6 Å². The molecule has 5 rings (SSSR count). The van der Waals surface area contributed by atoms with E-state index in [9.17, 15) is 9.90 Å². The van der Waals surface area contributed by atoms with Gasteiger partial charge in [-0.3, -0.25) is 0 Å². The summed E-state index contributed by atoms with van der Waals surface area (Å²) in [6.07, 6.45) is 8.00. The minimum absolute atomic E-state index is 0.0712. The Morgan fingerprint density at radius 1 is 1.06 bits per heavy atom. The number of nitrogens with zero attached hydrogens (tertiary/aromatic N) is 3. The molecule has 0 saturated carbocycles. The quantitative estimate of drug-likeness (QED) is 0.533. The van der Waals surface area contributed by atoms with Gasteiger partial charge in [0.2, 0.25) is 5.95 Å². The lowest BCUT2D eigenvalue weighted by Crippen LogP contribution is -2.26. The Morgan fingerprint density at radius 3 is 2.59 bits per heavy atom. The van der Waals surface area contributed by atoms with Gasteiger partial charge in [0.25, 0.3) is 0 Å². The summed E-state index contributed by atoms with van der Waals surface area (Å²) in [4.78, 5) is 23.1.